The molecule has 1 heterocycles. The molecule has 0 spiro atoms. The summed E-state index contributed by atoms with van der Waals surface area (Å²) in [4.78, 5) is 13.5. The Morgan fingerprint density at radius 2 is 2.12 bits per heavy atom. The van der Waals surface area contributed by atoms with Crippen LogP contribution in [0.2, 0.25) is 0 Å². The number of carbonyl (C=O) groups is 1. The minimum Gasteiger partial charge on any atom is -0.506 e. The lowest BCUT2D eigenvalue weighted by atomic mass is 10.1. The third-order valence-corrected chi connectivity index (χ3v) is 2.59. The lowest BCUT2D eigenvalue weighted by Crippen LogP contribution is -2.35. The van der Waals surface area contributed by atoms with Gasteiger partial charge in [-0.1, -0.05) is 12.1 Å². The standard InChI is InChI=1S/C13H17NO3/c1-13(2,3)17-12(16)14-8-7-9-5-4-6-10(15)11(9)14/h4-6,15H,7-8H2,1-3H3. The monoisotopic (exact) mass is 235 g/mol. The smallest absolute Gasteiger partial charge is 0.414 e. The van der Waals surface area contributed by atoms with E-state index in [1.54, 1.807) is 12.1 Å². The number of anilines is 1. The lowest BCUT2D eigenvalue weighted by Gasteiger charge is -2.25. The third-order valence-electron chi connectivity index (χ3n) is 2.59. The fourth-order valence-corrected chi connectivity index (χ4v) is 1.93. The van der Waals surface area contributed by atoms with E-state index in [9.17, 15) is 9.90 Å². The van der Waals surface area contributed by atoms with Gasteiger partial charge in [0.15, 0.2) is 0 Å². The maximum atomic E-state index is 12.0. The summed E-state index contributed by atoms with van der Waals surface area (Å²) in [7, 11) is 0. The second-order valence-corrected chi connectivity index (χ2v) is 5.17. The second-order valence-electron chi connectivity index (χ2n) is 5.17. The maximum Gasteiger partial charge on any atom is 0.414 e. The van der Waals surface area contributed by atoms with Crippen molar-refractivity contribution >= 4 is 11.8 Å². The number of nitrogens with zero attached hydrogens (tertiary/aromatic N) is 1. The van der Waals surface area contributed by atoms with Gasteiger partial charge in [-0.15, -0.1) is 0 Å². The van der Waals surface area contributed by atoms with Crippen molar-refractivity contribution in [1.29, 1.82) is 0 Å². The summed E-state index contributed by atoms with van der Waals surface area (Å²) < 4.78 is 5.31. The van der Waals surface area contributed by atoms with Gasteiger partial charge in [0.1, 0.15) is 11.4 Å². The van der Waals surface area contributed by atoms with E-state index in [0.717, 1.165) is 12.0 Å². The maximum absolute atomic E-state index is 12.0. The van der Waals surface area contributed by atoms with Crippen LogP contribution in [0, 0.1) is 0 Å². The number of aromatic hydroxyl groups is 1. The number of carbonyl (C=O) groups excluding carboxylic acids is 1. The Morgan fingerprint density at radius 1 is 1.41 bits per heavy atom. The zero-order chi connectivity index (χ0) is 12.6. The number of ether oxygens (including phenoxy) is 1. The highest BCUT2D eigenvalue weighted by Gasteiger charge is 2.30. The van der Waals surface area contributed by atoms with Gasteiger partial charge in [0.05, 0.1) is 5.69 Å². The van der Waals surface area contributed by atoms with Gasteiger partial charge in [0.2, 0.25) is 0 Å². The van der Waals surface area contributed by atoms with Crippen LogP contribution in [0.3, 0.4) is 0 Å². The zero-order valence-electron chi connectivity index (χ0n) is 10.4. The Labute approximate surface area is 101 Å². The summed E-state index contributed by atoms with van der Waals surface area (Å²) in [6.45, 7) is 6.04. The largest absolute Gasteiger partial charge is 0.506 e. The van der Waals surface area contributed by atoms with E-state index in [1.165, 1.54) is 4.90 Å². The summed E-state index contributed by atoms with van der Waals surface area (Å²) in [5, 5.41) is 9.80. The highest BCUT2D eigenvalue weighted by molar-refractivity contribution is 5.92. The molecule has 1 aliphatic rings. The fourth-order valence-electron chi connectivity index (χ4n) is 1.93. The summed E-state index contributed by atoms with van der Waals surface area (Å²) in [6.07, 6.45) is 0.348. The number of amides is 1. The second kappa shape index (κ2) is 3.95. The number of para-hydroxylation sites is 1. The van der Waals surface area contributed by atoms with E-state index in [-0.39, 0.29) is 5.75 Å². The van der Waals surface area contributed by atoms with Crippen LogP contribution in [0.15, 0.2) is 18.2 Å². The molecule has 0 saturated carbocycles. The Bertz CT molecular complexity index is 448. The topological polar surface area (TPSA) is 49.8 Å². The molecule has 0 aromatic heterocycles. The predicted molar refractivity (Wildman–Crippen MR) is 65.4 cm³/mol. The van der Waals surface area contributed by atoms with Gasteiger partial charge in [-0.25, -0.2) is 4.79 Å². The number of benzene rings is 1. The van der Waals surface area contributed by atoms with Gasteiger partial charge in [-0.3, -0.25) is 4.90 Å². The normalized spacial score (nSPS) is 14.6. The first-order chi connectivity index (χ1) is 7.88. The van der Waals surface area contributed by atoms with Crippen molar-refractivity contribution in [2.45, 2.75) is 32.8 Å². The summed E-state index contributed by atoms with van der Waals surface area (Å²) in [5.74, 6) is 0.130. The quantitative estimate of drug-likeness (QED) is 0.752. The summed E-state index contributed by atoms with van der Waals surface area (Å²) in [6, 6.07) is 5.29. The highest BCUT2D eigenvalue weighted by Crippen LogP contribution is 2.36. The Hall–Kier alpha value is -1.71. The molecule has 4 nitrogen and oxygen atoms in total. The third kappa shape index (κ3) is 2.35. The molecule has 0 fully saturated rings. The van der Waals surface area contributed by atoms with Gasteiger partial charge in [0.25, 0.3) is 0 Å². The van der Waals surface area contributed by atoms with Gasteiger partial charge >= 0.3 is 6.09 Å². The molecule has 1 amide bonds. The van der Waals surface area contributed by atoms with Gasteiger partial charge < -0.3 is 9.84 Å². The summed E-state index contributed by atoms with van der Waals surface area (Å²) in [5.41, 5.74) is 1.04. The SMILES string of the molecule is CC(C)(C)OC(=O)N1CCc2cccc(O)c21. The number of phenols is 1. The first-order valence-corrected chi connectivity index (χ1v) is 5.70. The number of hydrogen-bond donors (Lipinski definition) is 1. The molecule has 0 aliphatic carbocycles. The fraction of sp³-hybridized carbons (Fsp3) is 0.462. The minimum absolute atomic E-state index is 0.130. The van der Waals surface area contributed by atoms with E-state index >= 15 is 0 Å². The van der Waals surface area contributed by atoms with E-state index < -0.39 is 11.7 Å². The van der Waals surface area contributed by atoms with Gasteiger partial charge in [-0.05, 0) is 38.8 Å². The molecular weight excluding hydrogens is 218 g/mol. The van der Waals surface area contributed by atoms with E-state index in [1.807, 2.05) is 26.8 Å². The molecular formula is C13H17NO3. The van der Waals surface area contributed by atoms with E-state index in [4.69, 9.17) is 4.74 Å². The van der Waals surface area contributed by atoms with E-state index in [2.05, 4.69) is 0 Å². The minimum atomic E-state index is -0.524. The predicted octanol–water partition coefficient (Wildman–Crippen LogP) is 2.69. The summed E-state index contributed by atoms with van der Waals surface area (Å²) >= 11 is 0. The number of phenolic OH excluding ortho intramolecular Hbond substituents is 1. The Morgan fingerprint density at radius 3 is 2.76 bits per heavy atom. The number of hydrogen-bond acceptors (Lipinski definition) is 3. The van der Waals surface area contributed by atoms with Crippen molar-refractivity contribution in [3.05, 3.63) is 23.8 Å². The number of rotatable bonds is 0. The van der Waals surface area contributed by atoms with Crippen LogP contribution < -0.4 is 4.90 Å². The van der Waals surface area contributed by atoms with Crippen molar-refractivity contribution in [2.75, 3.05) is 11.4 Å². The molecule has 2 rings (SSSR count). The van der Waals surface area contributed by atoms with Crippen LogP contribution in [0.5, 0.6) is 5.75 Å². The molecule has 1 aromatic carbocycles. The van der Waals surface area contributed by atoms with Crippen molar-refractivity contribution in [1.82, 2.24) is 0 Å². The van der Waals surface area contributed by atoms with Crippen LogP contribution >= 0.6 is 0 Å². The van der Waals surface area contributed by atoms with Crippen molar-refractivity contribution < 1.29 is 14.6 Å². The average Bonchev–Trinajstić information content (AvgIpc) is 2.60. The molecule has 0 atom stereocenters. The highest BCUT2D eigenvalue weighted by atomic mass is 16.6. The molecule has 1 N–H and O–H groups in total. The molecule has 0 radical (unpaired) electrons. The van der Waals surface area contributed by atoms with Crippen molar-refractivity contribution in [2.24, 2.45) is 0 Å². The molecule has 0 saturated heterocycles. The van der Waals surface area contributed by atoms with Gasteiger partial charge in [-0.2, -0.15) is 0 Å². The van der Waals surface area contributed by atoms with Gasteiger partial charge in [0, 0.05) is 6.54 Å². The van der Waals surface area contributed by atoms with E-state index in [0.29, 0.717) is 12.2 Å². The number of fused-ring (bicyclic) bond motifs is 1. The first kappa shape index (κ1) is 11.8. The van der Waals surface area contributed by atoms with Crippen molar-refractivity contribution in [3.8, 4) is 5.75 Å². The van der Waals surface area contributed by atoms with Crippen LogP contribution in [0.1, 0.15) is 26.3 Å². The lowest BCUT2D eigenvalue weighted by molar-refractivity contribution is 0.0583. The molecule has 1 aliphatic heterocycles. The molecule has 17 heavy (non-hydrogen) atoms. The molecule has 1 aromatic rings. The Balaban J connectivity index is 2.25. The van der Waals surface area contributed by atoms with Crippen LogP contribution in [0.25, 0.3) is 0 Å². The first-order valence-electron chi connectivity index (χ1n) is 5.70. The molecule has 92 valence electrons. The zero-order valence-corrected chi connectivity index (χ0v) is 10.4. The van der Waals surface area contributed by atoms with Crippen molar-refractivity contribution in [3.63, 3.8) is 0 Å². The Kier molecular flexibility index (Phi) is 2.73. The van der Waals surface area contributed by atoms with Crippen LogP contribution in [-0.2, 0) is 11.2 Å². The van der Waals surface area contributed by atoms with Crippen LogP contribution in [-0.4, -0.2) is 23.3 Å². The molecule has 0 bridgehead atoms. The molecule has 4 heteroatoms. The molecule has 0 unspecified atom stereocenters. The van der Waals surface area contributed by atoms with Crippen LogP contribution in [0.4, 0.5) is 10.5 Å². The average molecular weight is 235 g/mol.